The van der Waals surface area contributed by atoms with Gasteiger partial charge in [0.15, 0.2) is 0 Å². The summed E-state index contributed by atoms with van der Waals surface area (Å²) >= 11 is 3.16. The quantitative estimate of drug-likeness (QED) is 0.569. The molecule has 0 aromatic rings. The van der Waals surface area contributed by atoms with E-state index in [0.717, 1.165) is 0 Å². The molecule has 0 spiro atoms. The molecule has 1 heterocycles. The van der Waals surface area contributed by atoms with Crippen LogP contribution in [0.25, 0.3) is 0 Å². The highest BCUT2D eigenvalue weighted by Crippen LogP contribution is 2.06. The van der Waals surface area contributed by atoms with Crippen molar-refractivity contribution in [1.82, 2.24) is 4.90 Å². The molecule has 0 saturated carbocycles. The van der Waals surface area contributed by atoms with Crippen molar-refractivity contribution in [3.63, 3.8) is 0 Å². The summed E-state index contributed by atoms with van der Waals surface area (Å²) in [5.74, 6) is 0. The summed E-state index contributed by atoms with van der Waals surface area (Å²) in [6.07, 6.45) is 4.67. The van der Waals surface area contributed by atoms with Crippen LogP contribution in [0.4, 0.5) is 0 Å². The highest BCUT2D eigenvalue weighted by molar-refractivity contribution is 9.11. The molecule has 2 heteroatoms. The second-order valence-electron chi connectivity index (χ2n) is 2.15. The van der Waals surface area contributed by atoms with Crippen molar-refractivity contribution in [2.24, 2.45) is 0 Å². The zero-order chi connectivity index (χ0) is 6.53. The monoisotopic (exact) mass is 187 g/mol. The van der Waals surface area contributed by atoms with Crippen molar-refractivity contribution in [2.45, 2.75) is 12.8 Å². The maximum Gasteiger partial charge on any atom is 0.0429 e. The van der Waals surface area contributed by atoms with E-state index < -0.39 is 0 Å². The van der Waals surface area contributed by atoms with Crippen LogP contribution >= 0.6 is 15.9 Å². The van der Waals surface area contributed by atoms with Crippen LogP contribution in [0.15, 0.2) is 16.9 Å². The minimum Gasteiger partial charge on any atom is -0.371 e. The molecule has 1 aliphatic heterocycles. The van der Waals surface area contributed by atoms with Crippen LogP contribution in [-0.2, 0) is 0 Å². The zero-order valence-electron chi connectivity index (χ0n) is 5.31. The van der Waals surface area contributed by atoms with E-state index in [2.05, 4.69) is 26.6 Å². The predicted octanol–water partition coefficient (Wildman–Crippen LogP) is 2.10. The Morgan fingerprint density at radius 2 is 2.00 bits per heavy atom. The molecule has 9 heavy (non-hydrogen) atoms. The SMILES string of the molecule is BrC=C=CN1CCCC1. The maximum absolute atomic E-state index is 3.16. The summed E-state index contributed by atoms with van der Waals surface area (Å²) in [5, 5.41) is 0. The fourth-order valence-corrected chi connectivity index (χ4v) is 1.12. The maximum atomic E-state index is 3.16. The number of nitrogens with zero attached hydrogens (tertiary/aromatic N) is 1. The van der Waals surface area contributed by atoms with E-state index in [1.165, 1.54) is 25.9 Å². The van der Waals surface area contributed by atoms with E-state index in [1.54, 1.807) is 4.99 Å². The van der Waals surface area contributed by atoms with E-state index in [-0.39, 0.29) is 0 Å². The Morgan fingerprint density at radius 1 is 1.33 bits per heavy atom. The van der Waals surface area contributed by atoms with Gasteiger partial charge in [-0.25, -0.2) is 0 Å². The summed E-state index contributed by atoms with van der Waals surface area (Å²) in [5.41, 5.74) is 2.98. The lowest BCUT2D eigenvalue weighted by Crippen LogP contribution is -2.09. The summed E-state index contributed by atoms with van der Waals surface area (Å²) < 4.78 is 0. The second-order valence-corrected chi connectivity index (χ2v) is 2.61. The van der Waals surface area contributed by atoms with E-state index in [4.69, 9.17) is 0 Å². The van der Waals surface area contributed by atoms with Gasteiger partial charge in [-0.2, -0.15) is 0 Å². The Kier molecular flexibility index (Phi) is 2.88. The van der Waals surface area contributed by atoms with Crippen LogP contribution < -0.4 is 0 Å². The largest absolute Gasteiger partial charge is 0.371 e. The Bertz CT molecular complexity index is 130. The highest BCUT2D eigenvalue weighted by atomic mass is 79.9. The third-order valence-electron chi connectivity index (χ3n) is 1.46. The number of likely N-dealkylation sites (tertiary alicyclic amines) is 1. The van der Waals surface area contributed by atoms with Crippen LogP contribution in [0.5, 0.6) is 0 Å². The van der Waals surface area contributed by atoms with Crippen LogP contribution in [0.1, 0.15) is 12.8 Å². The summed E-state index contributed by atoms with van der Waals surface area (Å²) in [6, 6.07) is 0. The third kappa shape index (κ3) is 2.25. The molecule has 0 amide bonds. The van der Waals surface area contributed by atoms with Crippen molar-refractivity contribution in [1.29, 1.82) is 0 Å². The molecule has 50 valence electrons. The lowest BCUT2D eigenvalue weighted by atomic mass is 10.4. The van der Waals surface area contributed by atoms with Gasteiger partial charge in [-0.05, 0) is 12.8 Å². The van der Waals surface area contributed by atoms with Crippen molar-refractivity contribution >= 4 is 15.9 Å². The van der Waals surface area contributed by atoms with Crippen LogP contribution in [0, 0.1) is 0 Å². The van der Waals surface area contributed by atoms with Crippen molar-refractivity contribution in [2.75, 3.05) is 13.1 Å². The lowest BCUT2D eigenvalue weighted by Gasteiger charge is -2.06. The van der Waals surface area contributed by atoms with Gasteiger partial charge in [-0.3, -0.25) is 0 Å². The molecule has 0 N–H and O–H groups in total. The molecule has 1 aliphatic rings. The second kappa shape index (κ2) is 3.76. The first-order valence-corrected chi connectivity index (χ1v) is 4.10. The van der Waals surface area contributed by atoms with Crippen LogP contribution in [-0.4, -0.2) is 18.0 Å². The third-order valence-corrected chi connectivity index (χ3v) is 1.73. The fraction of sp³-hybridized carbons (Fsp3) is 0.571. The van der Waals surface area contributed by atoms with Gasteiger partial charge in [0.1, 0.15) is 0 Å². The van der Waals surface area contributed by atoms with Crippen molar-refractivity contribution in [3.05, 3.63) is 16.9 Å². The molecule has 0 bridgehead atoms. The lowest BCUT2D eigenvalue weighted by molar-refractivity contribution is 0.469. The molecular formula is C7H10BrN. The Morgan fingerprint density at radius 3 is 2.56 bits per heavy atom. The van der Waals surface area contributed by atoms with Crippen molar-refractivity contribution < 1.29 is 0 Å². The number of rotatable bonds is 1. The average molecular weight is 188 g/mol. The van der Waals surface area contributed by atoms with Gasteiger partial charge in [-0.1, -0.05) is 21.7 Å². The molecular weight excluding hydrogens is 178 g/mol. The normalized spacial score (nSPS) is 17.2. The first-order chi connectivity index (χ1) is 4.43. The average Bonchev–Trinajstić information content (AvgIpc) is 2.34. The number of hydrogen-bond donors (Lipinski definition) is 0. The van der Waals surface area contributed by atoms with Gasteiger partial charge < -0.3 is 4.90 Å². The molecule has 0 aromatic heterocycles. The summed E-state index contributed by atoms with van der Waals surface area (Å²) in [7, 11) is 0. The number of halogens is 1. The highest BCUT2D eigenvalue weighted by Gasteiger charge is 2.04. The van der Waals surface area contributed by atoms with E-state index in [1.807, 2.05) is 6.20 Å². The fourth-order valence-electron chi connectivity index (χ4n) is 1.00. The van der Waals surface area contributed by atoms with Crippen molar-refractivity contribution in [3.8, 4) is 0 Å². The molecule has 0 atom stereocenters. The zero-order valence-corrected chi connectivity index (χ0v) is 6.89. The van der Waals surface area contributed by atoms with Gasteiger partial charge in [0, 0.05) is 24.3 Å². The van der Waals surface area contributed by atoms with E-state index in [0.29, 0.717) is 0 Å². The van der Waals surface area contributed by atoms with Gasteiger partial charge in [0.25, 0.3) is 0 Å². The first-order valence-electron chi connectivity index (χ1n) is 3.19. The predicted molar refractivity (Wildman–Crippen MR) is 42.4 cm³/mol. The Hall–Kier alpha value is -0.200. The molecule has 0 radical (unpaired) electrons. The molecule has 0 unspecified atom stereocenters. The van der Waals surface area contributed by atoms with Gasteiger partial charge in [0.05, 0.1) is 0 Å². The smallest absolute Gasteiger partial charge is 0.0429 e. The topological polar surface area (TPSA) is 3.24 Å². The van der Waals surface area contributed by atoms with E-state index in [9.17, 15) is 0 Å². The molecule has 0 aliphatic carbocycles. The van der Waals surface area contributed by atoms with Gasteiger partial charge >= 0.3 is 0 Å². The first kappa shape index (κ1) is 6.91. The minimum absolute atomic E-state index is 1.20. The molecule has 1 saturated heterocycles. The molecule has 0 aromatic carbocycles. The van der Waals surface area contributed by atoms with Crippen LogP contribution in [0.3, 0.4) is 0 Å². The van der Waals surface area contributed by atoms with Gasteiger partial charge in [-0.15, -0.1) is 0 Å². The standard InChI is InChI=1S/C7H10BrN/c8-4-3-7-9-5-1-2-6-9/h4,7H,1-2,5-6H2. The van der Waals surface area contributed by atoms with Gasteiger partial charge in [0.2, 0.25) is 0 Å². The molecule has 1 nitrogen and oxygen atoms in total. The molecule has 1 rings (SSSR count). The minimum atomic E-state index is 1.20. The van der Waals surface area contributed by atoms with Crippen LogP contribution in [0.2, 0.25) is 0 Å². The number of hydrogen-bond acceptors (Lipinski definition) is 1. The summed E-state index contributed by atoms with van der Waals surface area (Å²) in [4.78, 5) is 4.03. The summed E-state index contributed by atoms with van der Waals surface area (Å²) in [6.45, 7) is 2.40. The van der Waals surface area contributed by atoms with E-state index >= 15 is 0 Å². The molecule has 1 fully saturated rings. The Balaban J connectivity index is 2.34. The Labute approximate surface area is 64.2 Å².